The maximum atomic E-state index is 12.4. The normalized spacial score (nSPS) is 11.8. The van der Waals surface area contributed by atoms with Crippen LogP contribution in [0.15, 0.2) is 42.5 Å². The Morgan fingerprint density at radius 1 is 1.19 bits per heavy atom. The fourth-order valence-electron chi connectivity index (χ4n) is 2.24. The first-order valence-corrected chi connectivity index (χ1v) is 7.24. The van der Waals surface area contributed by atoms with Crippen LogP contribution in [0.5, 0.6) is 0 Å². The van der Waals surface area contributed by atoms with Crippen molar-refractivity contribution >= 4 is 23.2 Å². The number of benzene rings is 2. The van der Waals surface area contributed by atoms with Gasteiger partial charge in [-0.15, -0.1) is 0 Å². The van der Waals surface area contributed by atoms with Gasteiger partial charge in [-0.05, 0) is 43.2 Å². The minimum absolute atomic E-state index is 0.119. The van der Waals surface area contributed by atoms with Crippen LogP contribution in [0.4, 0.5) is 5.69 Å². The Morgan fingerprint density at radius 3 is 2.57 bits per heavy atom. The topological polar surface area (TPSA) is 41.1 Å². The highest BCUT2D eigenvalue weighted by Gasteiger charge is 2.16. The standard InChI is InChI=1S/C17H19ClN2O/c1-11-8-9-14(16(10-11)19-3)17(21)20-12(2)13-6-4-5-7-15(13)18/h4-10,12,19H,1-3H3,(H,20,21). The molecule has 0 spiro atoms. The molecule has 0 aliphatic rings. The second-order valence-corrected chi connectivity index (χ2v) is 5.42. The molecule has 21 heavy (non-hydrogen) atoms. The van der Waals surface area contributed by atoms with Gasteiger partial charge in [0.1, 0.15) is 0 Å². The van der Waals surface area contributed by atoms with Crippen molar-refractivity contribution in [3.63, 3.8) is 0 Å². The Hall–Kier alpha value is -2.00. The smallest absolute Gasteiger partial charge is 0.253 e. The zero-order valence-electron chi connectivity index (χ0n) is 12.4. The van der Waals surface area contributed by atoms with Crippen LogP contribution in [-0.4, -0.2) is 13.0 Å². The van der Waals surface area contributed by atoms with Gasteiger partial charge in [-0.1, -0.05) is 35.9 Å². The molecule has 4 heteroatoms. The summed E-state index contributed by atoms with van der Waals surface area (Å²) >= 11 is 6.16. The lowest BCUT2D eigenvalue weighted by Crippen LogP contribution is -2.27. The molecule has 0 bridgehead atoms. The number of amides is 1. The minimum Gasteiger partial charge on any atom is -0.387 e. The van der Waals surface area contributed by atoms with E-state index in [1.807, 2.05) is 63.4 Å². The van der Waals surface area contributed by atoms with Gasteiger partial charge in [0.15, 0.2) is 0 Å². The Kier molecular flexibility index (Phi) is 4.86. The molecule has 0 aliphatic carbocycles. The minimum atomic E-state index is -0.155. The number of anilines is 1. The van der Waals surface area contributed by atoms with E-state index in [1.54, 1.807) is 0 Å². The van der Waals surface area contributed by atoms with Gasteiger partial charge in [-0.2, -0.15) is 0 Å². The molecule has 0 aromatic heterocycles. The number of rotatable bonds is 4. The number of hydrogen-bond donors (Lipinski definition) is 2. The summed E-state index contributed by atoms with van der Waals surface area (Å²) in [5.41, 5.74) is 3.46. The molecule has 1 atom stereocenters. The Bertz CT molecular complexity index is 655. The molecule has 0 aliphatic heterocycles. The van der Waals surface area contributed by atoms with Gasteiger partial charge in [0.05, 0.1) is 11.6 Å². The number of nitrogens with one attached hydrogen (secondary N) is 2. The number of aryl methyl sites for hydroxylation is 1. The van der Waals surface area contributed by atoms with Crippen LogP contribution in [0.3, 0.4) is 0 Å². The number of carbonyl (C=O) groups excluding carboxylic acids is 1. The predicted octanol–water partition coefficient (Wildman–Crippen LogP) is 4.18. The van der Waals surface area contributed by atoms with Gasteiger partial charge in [0.25, 0.3) is 5.91 Å². The maximum Gasteiger partial charge on any atom is 0.253 e. The number of hydrogen-bond acceptors (Lipinski definition) is 2. The Morgan fingerprint density at radius 2 is 1.90 bits per heavy atom. The fraction of sp³-hybridized carbons (Fsp3) is 0.235. The van der Waals surface area contributed by atoms with E-state index in [0.717, 1.165) is 16.8 Å². The van der Waals surface area contributed by atoms with Crippen LogP contribution in [-0.2, 0) is 0 Å². The van der Waals surface area contributed by atoms with Gasteiger partial charge in [-0.3, -0.25) is 4.79 Å². The number of halogens is 1. The van der Waals surface area contributed by atoms with Gasteiger partial charge < -0.3 is 10.6 Å². The summed E-state index contributed by atoms with van der Waals surface area (Å²) in [6, 6.07) is 13.1. The van der Waals surface area contributed by atoms with Crippen molar-refractivity contribution in [2.24, 2.45) is 0 Å². The maximum absolute atomic E-state index is 12.4. The van der Waals surface area contributed by atoms with Gasteiger partial charge in [0.2, 0.25) is 0 Å². The van der Waals surface area contributed by atoms with E-state index < -0.39 is 0 Å². The molecule has 1 unspecified atom stereocenters. The summed E-state index contributed by atoms with van der Waals surface area (Å²) in [5, 5.41) is 6.69. The van der Waals surface area contributed by atoms with Crippen molar-refractivity contribution in [2.75, 3.05) is 12.4 Å². The first-order chi connectivity index (χ1) is 10.0. The molecular formula is C17H19ClN2O. The van der Waals surface area contributed by atoms with Crippen molar-refractivity contribution < 1.29 is 4.79 Å². The first-order valence-electron chi connectivity index (χ1n) is 6.86. The summed E-state index contributed by atoms with van der Waals surface area (Å²) in [6.45, 7) is 3.92. The summed E-state index contributed by atoms with van der Waals surface area (Å²) < 4.78 is 0. The number of carbonyl (C=O) groups is 1. The Labute approximate surface area is 130 Å². The third-order valence-corrected chi connectivity index (χ3v) is 3.75. The summed E-state index contributed by atoms with van der Waals surface area (Å²) in [4.78, 5) is 12.4. The second-order valence-electron chi connectivity index (χ2n) is 5.02. The van der Waals surface area contributed by atoms with Crippen LogP contribution in [0.25, 0.3) is 0 Å². The average Bonchev–Trinajstić information content (AvgIpc) is 2.47. The van der Waals surface area contributed by atoms with Gasteiger partial charge >= 0.3 is 0 Å². The lowest BCUT2D eigenvalue weighted by Gasteiger charge is -2.17. The zero-order valence-corrected chi connectivity index (χ0v) is 13.2. The molecule has 2 N–H and O–H groups in total. The van der Waals surface area contributed by atoms with E-state index >= 15 is 0 Å². The molecule has 0 saturated heterocycles. The summed E-state index contributed by atoms with van der Waals surface area (Å²) in [6.07, 6.45) is 0. The fourth-order valence-corrected chi connectivity index (χ4v) is 2.54. The summed E-state index contributed by atoms with van der Waals surface area (Å²) in [7, 11) is 1.81. The average molecular weight is 303 g/mol. The zero-order chi connectivity index (χ0) is 15.4. The quantitative estimate of drug-likeness (QED) is 0.889. The third-order valence-electron chi connectivity index (χ3n) is 3.41. The molecule has 110 valence electrons. The predicted molar refractivity (Wildman–Crippen MR) is 88.1 cm³/mol. The third kappa shape index (κ3) is 3.56. The molecule has 2 aromatic rings. The van der Waals surface area contributed by atoms with Gasteiger partial charge in [0, 0.05) is 17.8 Å². The monoisotopic (exact) mass is 302 g/mol. The lowest BCUT2D eigenvalue weighted by atomic mass is 10.1. The molecule has 0 radical (unpaired) electrons. The van der Waals surface area contributed by atoms with Crippen LogP contribution < -0.4 is 10.6 Å². The van der Waals surface area contributed by atoms with Crippen LogP contribution in [0.1, 0.15) is 34.5 Å². The van der Waals surface area contributed by atoms with Crippen molar-refractivity contribution in [1.82, 2.24) is 5.32 Å². The first kappa shape index (κ1) is 15.4. The molecule has 0 heterocycles. The molecule has 3 nitrogen and oxygen atoms in total. The lowest BCUT2D eigenvalue weighted by molar-refractivity contribution is 0.0940. The van der Waals surface area contributed by atoms with Crippen molar-refractivity contribution in [2.45, 2.75) is 19.9 Å². The SMILES string of the molecule is CNc1cc(C)ccc1C(=O)NC(C)c1ccccc1Cl. The van der Waals surface area contributed by atoms with Crippen LogP contribution in [0, 0.1) is 6.92 Å². The molecule has 0 fully saturated rings. The van der Waals surface area contributed by atoms with E-state index in [9.17, 15) is 4.79 Å². The molecule has 1 amide bonds. The highest BCUT2D eigenvalue weighted by Crippen LogP contribution is 2.23. The van der Waals surface area contributed by atoms with Crippen molar-refractivity contribution in [3.8, 4) is 0 Å². The largest absolute Gasteiger partial charge is 0.387 e. The van der Waals surface area contributed by atoms with E-state index in [4.69, 9.17) is 11.6 Å². The van der Waals surface area contributed by atoms with E-state index in [1.165, 1.54) is 0 Å². The molecule has 0 saturated carbocycles. The summed E-state index contributed by atoms with van der Waals surface area (Å²) in [5.74, 6) is -0.119. The molecular weight excluding hydrogens is 284 g/mol. The highest BCUT2D eigenvalue weighted by atomic mass is 35.5. The Balaban J connectivity index is 2.20. The van der Waals surface area contributed by atoms with E-state index in [0.29, 0.717) is 10.6 Å². The van der Waals surface area contributed by atoms with Crippen LogP contribution >= 0.6 is 11.6 Å². The molecule has 2 aromatic carbocycles. The van der Waals surface area contributed by atoms with Crippen LogP contribution in [0.2, 0.25) is 5.02 Å². The van der Waals surface area contributed by atoms with Crippen molar-refractivity contribution in [1.29, 1.82) is 0 Å². The van der Waals surface area contributed by atoms with E-state index in [2.05, 4.69) is 10.6 Å². The molecule has 2 rings (SSSR count). The van der Waals surface area contributed by atoms with E-state index in [-0.39, 0.29) is 11.9 Å². The second kappa shape index (κ2) is 6.64. The highest BCUT2D eigenvalue weighted by molar-refractivity contribution is 6.31. The van der Waals surface area contributed by atoms with Gasteiger partial charge in [-0.25, -0.2) is 0 Å². The van der Waals surface area contributed by atoms with Crippen molar-refractivity contribution in [3.05, 3.63) is 64.2 Å².